The van der Waals surface area contributed by atoms with E-state index in [2.05, 4.69) is 0 Å². The molecule has 0 fully saturated rings. The third-order valence-electron chi connectivity index (χ3n) is 2.74. The van der Waals surface area contributed by atoms with E-state index in [0.29, 0.717) is 5.75 Å². The van der Waals surface area contributed by atoms with Crippen molar-refractivity contribution in [2.45, 2.75) is 32.3 Å². The summed E-state index contributed by atoms with van der Waals surface area (Å²) in [5.74, 6) is -0.346. The first-order valence-electron chi connectivity index (χ1n) is 5.04. The van der Waals surface area contributed by atoms with Crippen LogP contribution >= 0.6 is 11.6 Å². The first-order chi connectivity index (χ1) is 7.44. The fraction of sp³-hybridized carbons (Fsp3) is 0.417. The summed E-state index contributed by atoms with van der Waals surface area (Å²) in [4.78, 5) is 0. The number of rotatable bonds is 0. The molecule has 0 aromatic heterocycles. The van der Waals surface area contributed by atoms with Crippen LogP contribution in [0.2, 0.25) is 5.02 Å². The highest BCUT2D eigenvalue weighted by Gasteiger charge is 2.30. The predicted octanol–water partition coefficient (Wildman–Crippen LogP) is 3.45. The Balaban J connectivity index is 2.63. The molecule has 0 saturated carbocycles. The number of aryl methyl sites for hydroxylation is 1. The van der Waals surface area contributed by atoms with Crippen LogP contribution in [0.1, 0.15) is 31.4 Å². The molecule has 2 nitrogen and oxygen atoms in total. The summed E-state index contributed by atoms with van der Waals surface area (Å²) in [6.07, 6.45) is 1.57. The van der Waals surface area contributed by atoms with Gasteiger partial charge in [0.2, 0.25) is 0 Å². The molecule has 1 aliphatic rings. The summed E-state index contributed by atoms with van der Waals surface area (Å²) in [6, 6.07) is 3.36. The number of nitrogens with zero attached hydrogens (tertiary/aromatic N) is 1. The molecule has 0 radical (unpaired) electrons. The number of halogens is 2. The van der Waals surface area contributed by atoms with Gasteiger partial charge in [0, 0.05) is 0 Å². The zero-order valence-electron chi connectivity index (χ0n) is 9.10. The summed E-state index contributed by atoms with van der Waals surface area (Å²) >= 11 is 5.72. The van der Waals surface area contributed by atoms with Crippen molar-refractivity contribution < 1.29 is 9.13 Å². The van der Waals surface area contributed by atoms with Crippen molar-refractivity contribution in [2.24, 2.45) is 0 Å². The van der Waals surface area contributed by atoms with Crippen molar-refractivity contribution in [2.75, 3.05) is 0 Å². The summed E-state index contributed by atoms with van der Waals surface area (Å²) in [7, 11) is 0. The van der Waals surface area contributed by atoms with Crippen LogP contribution in [0.3, 0.4) is 0 Å². The van der Waals surface area contributed by atoms with Gasteiger partial charge in [-0.1, -0.05) is 11.6 Å². The second-order valence-corrected chi connectivity index (χ2v) is 4.92. The molecular weight excluding hydrogens is 229 g/mol. The molecule has 0 saturated heterocycles. The number of benzene rings is 1. The Kier molecular flexibility index (Phi) is 2.55. The van der Waals surface area contributed by atoms with Crippen LogP contribution in [0.15, 0.2) is 6.07 Å². The minimum absolute atomic E-state index is 0.0152. The lowest BCUT2D eigenvalue weighted by Gasteiger charge is -2.33. The molecule has 1 aliphatic heterocycles. The molecule has 0 N–H and O–H groups in total. The molecule has 0 bridgehead atoms. The first kappa shape index (κ1) is 11.2. The summed E-state index contributed by atoms with van der Waals surface area (Å²) < 4.78 is 19.3. The summed E-state index contributed by atoms with van der Waals surface area (Å²) in [6.45, 7) is 3.84. The van der Waals surface area contributed by atoms with Crippen molar-refractivity contribution in [3.8, 4) is 11.8 Å². The normalized spacial score (nSPS) is 17.2. The van der Waals surface area contributed by atoms with Gasteiger partial charge in [0.1, 0.15) is 23.0 Å². The van der Waals surface area contributed by atoms with E-state index in [0.717, 1.165) is 18.4 Å². The highest BCUT2D eigenvalue weighted by atomic mass is 35.5. The van der Waals surface area contributed by atoms with Crippen molar-refractivity contribution in [3.63, 3.8) is 0 Å². The number of ether oxygens (including phenoxy) is 1. The Bertz CT molecular complexity index is 491. The molecule has 1 aromatic rings. The van der Waals surface area contributed by atoms with E-state index in [1.165, 1.54) is 0 Å². The fourth-order valence-corrected chi connectivity index (χ4v) is 2.05. The van der Waals surface area contributed by atoms with Crippen molar-refractivity contribution in [3.05, 3.63) is 28.0 Å². The van der Waals surface area contributed by atoms with Crippen molar-refractivity contribution in [1.82, 2.24) is 0 Å². The van der Waals surface area contributed by atoms with E-state index in [-0.39, 0.29) is 16.2 Å². The van der Waals surface area contributed by atoms with E-state index in [4.69, 9.17) is 21.6 Å². The molecule has 0 amide bonds. The largest absolute Gasteiger partial charge is 0.486 e. The number of hydrogen-bond acceptors (Lipinski definition) is 2. The van der Waals surface area contributed by atoms with Crippen LogP contribution < -0.4 is 4.74 Å². The third kappa shape index (κ3) is 1.74. The van der Waals surface area contributed by atoms with Gasteiger partial charge in [0.15, 0.2) is 5.82 Å². The highest BCUT2D eigenvalue weighted by Crippen LogP contribution is 2.39. The Morgan fingerprint density at radius 3 is 2.88 bits per heavy atom. The van der Waals surface area contributed by atoms with Gasteiger partial charge in [-0.25, -0.2) is 4.39 Å². The van der Waals surface area contributed by atoms with Crippen LogP contribution in [-0.2, 0) is 6.42 Å². The number of hydrogen-bond donors (Lipinski definition) is 0. The van der Waals surface area contributed by atoms with Gasteiger partial charge < -0.3 is 4.74 Å². The Hall–Kier alpha value is -1.27. The van der Waals surface area contributed by atoms with Gasteiger partial charge in [-0.2, -0.15) is 5.26 Å². The molecule has 2 rings (SSSR count). The Labute approximate surface area is 98.6 Å². The van der Waals surface area contributed by atoms with Crippen LogP contribution in [-0.4, -0.2) is 5.60 Å². The molecule has 0 aliphatic carbocycles. The van der Waals surface area contributed by atoms with Gasteiger partial charge in [-0.05, 0) is 38.3 Å². The van der Waals surface area contributed by atoms with Gasteiger partial charge >= 0.3 is 0 Å². The molecule has 1 heterocycles. The van der Waals surface area contributed by atoms with E-state index in [1.54, 1.807) is 6.07 Å². The minimum atomic E-state index is -0.694. The summed E-state index contributed by atoms with van der Waals surface area (Å²) in [5, 5.41) is 8.93. The fourth-order valence-electron chi connectivity index (χ4n) is 1.83. The molecule has 16 heavy (non-hydrogen) atoms. The maximum Gasteiger partial charge on any atom is 0.163 e. The molecular formula is C12H11ClFNO. The smallest absolute Gasteiger partial charge is 0.163 e. The van der Waals surface area contributed by atoms with Crippen LogP contribution in [0, 0.1) is 17.1 Å². The maximum absolute atomic E-state index is 13.6. The SMILES string of the molecule is CC1(C)CCc2cc(Cl)c(F)c(C#N)c2O1. The molecule has 4 heteroatoms. The van der Waals surface area contributed by atoms with E-state index >= 15 is 0 Å². The lowest BCUT2D eigenvalue weighted by molar-refractivity contribution is 0.0837. The van der Waals surface area contributed by atoms with Crippen LogP contribution in [0.25, 0.3) is 0 Å². The lowest BCUT2D eigenvalue weighted by Crippen LogP contribution is -2.33. The quantitative estimate of drug-likeness (QED) is 0.695. The van der Waals surface area contributed by atoms with E-state index < -0.39 is 5.82 Å². The van der Waals surface area contributed by atoms with Crippen molar-refractivity contribution >= 4 is 11.6 Å². The second kappa shape index (κ2) is 3.64. The van der Waals surface area contributed by atoms with Crippen molar-refractivity contribution in [1.29, 1.82) is 5.26 Å². The molecule has 0 unspecified atom stereocenters. The average Bonchev–Trinajstić information content (AvgIpc) is 2.20. The van der Waals surface area contributed by atoms with E-state index in [1.807, 2.05) is 19.9 Å². The standard InChI is InChI=1S/C12H11ClFNO/c1-12(2)4-3-7-5-9(13)10(14)8(6-15)11(7)16-12/h5H,3-4H2,1-2H3. The highest BCUT2D eigenvalue weighted by molar-refractivity contribution is 6.31. The van der Waals surface area contributed by atoms with Crippen LogP contribution in [0.5, 0.6) is 5.75 Å². The molecule has 84 valence electrons. The topological polar surface area (TPSA) is 33.0 Å². The zero-order valence-corrected chi connectivity index (χ0v) is 9.86. The maximum atomic E-state index is 13.6. The van der Waals surface area contributed by atoms with Gasteiger partial charge in [0.25, 0.3) is 0 Å². The van der Waals surface area contributed by atoms with Gasteiger partial charge in [-0.3, -0.25) is 0 Å². The third-order valence-corrected chi connectivity index (χ3v) is 3.01. The Morgan fingerprint density at radius 1 is 1.56 bits per heavy atom. The zero-order chi connectivity index (χ0) is 11.9. The number of fused-ring (bicyclic) bond motifs is 1. The lowest BCUT2D eigenvalue weighted by atomic mass is 9.93. The molecule has 0 spiro atoms. The summed E-state index contributed by atoms with van der Waals surface area (Å²) in [5.41, 5.74) is 0.358. The Morgan fingerprint density at radius 2 is 2.25 bits per heavy atom. The minimum Gasteiger partial charge on any atom is -0.486 e. The van der Waals surface area contributed by atoms with Gasteiger partial charge in [-0.15, -0.1) is 0 Å². The van der Waals surface area contributed by atoms with E-state index in [9.17, 15) is 4.39 Å². The number of nitriles is 1. The van der Waals surface area contributed by atoms with Crippen LogP contribution in [0.4, 0.5) is 4.39 Å². The monoisotopic (exact) mass is 239 g/mol. The average molecular weight is 240 g/mol. The first-order valence-corrected chi connectivity index (χ1v) is 5.42. The predicted molar refractivity (Wildman–Crippen MR) is 59.2 cm³/mol. The second-order valence-electron chi connectivity index (χ2n) is 4.51. The molecule has 0 atom stereocenters. The molecule has 1 aromatic carbocycles. The van der Waals surface area contributed by atoms with Gasteiger partial charge in [0.05, 0.1) is 5.02 Å².